The summed E-state index contributed by atoms with van der Waals surface area (Å²) < 4.78 is 0. The molecular formula is C22H26N2O. The molecule has 3 nitrogen and oxygen atoms in total. The lowest BCUT2D eigenvalue weighted by molar-refractivity contribution is -0.136. The number of hydrogen-bond acceptors (Lipinski definition) is 2. The van der Waals surface area contributed by atoms with Gasteiger partial charge in [-0.25, -0.2) is 0 Å². The van der Waals surface area contributed by atoms with E-state index in [1.165, 1.54) is 24.0 Å². The summed E-state index contributed by atoms with van der Waals surface area (Å²) in [6, 6.07) is 14.9. The summed E-state index contributed by atoms with van der Waals surface area (Å²) in [5, 5.41) is 0. The Bertz CT molecular complexity index is 750. The van der Waals surface area contributed by atoms with Crippen molar-refractivity contribution in [2.75, 3.05) is 6.54 Å². The minimum absolute atomic E-state index is 0.149. The van der Waals surface area contributed by atoms with Crippen molar-refractivity contribution in [1.29, 1.82) is 0 Å². The fourth-order valence-electron chi connectivity index (χ4n) is 4.41. The third kappa shape index (κ3) is 3.33. The van der Waals surface area contributed by atoms with Crippen molar-refractivity contribution < 1.29 is 4.79 Å². The number of aromatic nitrogens is 1. The van der Waals surface area contributed by atoms with Gasteiger partial charge in [-0.2, -0.15) is 0 Å². The first-order chi connectivity index (χ1) is 12.2. The monoisotopic (exact) mass is 334 g/mol. The summed E-state index contributed by atoms with van der Waals surface area (Å²) >= 11 is 0. The Morgan fingerprint density at radius 1 is 1.00 bits per heavy atom. The average Bonchev–Trinajstić information content (AvgIpc) is 3.33. The number of pyridine rings is 1. The molecule has 2 heterocycles. The van der Waals surface area contributed by atoms with Crippen LogP contribution in [0.1, 0.15) is 56.0 Å². The molecule has 2 aliphatic rings. The second kappa shape index (κ2) is 6.99. The van der Waals surface area contributed by atoms with Gasteiger partial charge in [0.25, 0.3) is 0 Å². The number of amides is 1. The summed E-state index contributed by atoms with van der Waals surface area (Å²) in [4.78, 5) is 19.9. The highest BCUT2D eigenvalue weighted by atomic mass is 16.2. The molecule has 2 aromatic rings. The predicted molar refractivity (Wildman–Crippen MR) is 100 cm³/mol. The molecule has 0 unspecified atom stereocenters. The molecule has 0 radical (unpaired) electrons. The zero-order valence-corrected chi connectivity index (χ0v) is 14.9. The maximum absolute atomic E-state index is 13.0. The van der Waals surface area contributed by atoms with Crippen molar-refractivity contribution in [3.05, 3.63) is 53.9 Å². The molecule has 1 atom stereocenters. The zero-order chi connectivity index (χ0) is 17.2. The van der Waals surface area contributed by atoms with Crippen LogP contribution in [0.5, 0.6) is 0 Å². The maximum atomic E-state index is 13.0. The van der Waals surface area contributed by atoms with Crippen LogP contribution in [0, 0.1) is 12.8 Å². The van der Waals surface area contributed by atoms with Gasteiger partial charge < -0.3 is 4.90 Å². The topological polar surface area (TPSA) is 33.2 Å². The Balaban J connectivity index is 1.64. The highest BCUT2D eigenvalue weighted by molar-refractivity contribution is 5.80. The minimum atomic E-state index is 0.149. The van der Waals surface area contributed by atoms with Gasteiger partial charge in [0.1, 0.15) is 0 Å². The van der Waals surface area contributed by atoms with E-state index in [4.69, 9.17) is 4.98 Å². The lowest BCUT2D eigenvalue weighted by atomic mass is 10.0. The molecule has 25 heavy (non-hydrogen) atoms. The molecule has 3 heteroatoms. The molecule has 1 aliphatic heterocycles. The Morgan fingerprint density at radius 2 is 1.76 bits per heavy atom. The molecule has 1 saturated carbocycles. The van der Waals surface area contributed by atoms with Crippen LogP contribution in [0.4, 0.5) is 0 Å². The van der Waals surface area contributed by atoms with E-state index in [-0.39, 0.29) is 12.0 Å². The molecule has 1 aromatic carbocycles. The van der Waals surface area contributed by atoms with Gasteiger partial charge in [-0.3, -0.25) is 9.78 Å². The molecular weight excluding hydrogens is 308 g/mol. The molecule has 0 bridgehead atoms. The number of likely N-dealkylation sites (tertiary alicyclic amines) is 1. The van der Waals surface area contributed by atoms with Gasteiger partial charge in [-0.1, -0.05) is 43.2 Å². The van der Waals surface area contributed by atoms with E-state index < -0.39 is 0 Å². The fourth-order valence-corrected chi connectivity index (χ4v) is 4.41. The number of aryl methyl sites for hydroxylation is 1. The van der Waals surface area contributed by atoms with Crippen LogP contribution in [0.15, 0.2) is 42.5 Å². The number of hydrogen-bond donors (Lipinski definition) is 0. The van der Waals surface area contributed by atoms with E-state index in [0.717, 1.165) is 43.6 Å². The molecule has 2 fully saturated rings. The van der Waals surface area contributed by atoms with E-state index in [9.17, 15) is 4.79 Å². The first-order valence-electron chi connectivity index (χ1n) is 9.57. The first kappa shape index (κ1) is 16.3. The Hall–Kier alpha value is -2.16. The number of carbonyl (C=O) groups excluding carboxylic acids is 1. The van der Waals surface area contributed by atoms with Gasteiger partial charge in [-0.15, -0.1) is 0 Å². The summed E-state index contributed by atoms with van der Waals surface area (Å²) in [6.07, 6.45) is 6.66. The standard InChI is InChI=1S/C22H26N2O/c1-16-14-19(17-8-3-2-4-9-17)15-20(23-16)21-12-7-13-24(21)22(25)18-10-5-6-11-18/h2-4,8-9,14-15,18,21H,5-7,10-13H2,1H3/t21-/m1/s1. The smallest absolute Gasteiger partial charge is 0.226 e. The van der Waals surface area contributed by atoms with Crippen molar-refractivity contribution >= 4 is 5.91 Å². The molecule has 0 N–H and O–H groups in total. The van der Waals surface area contributed by atoms with Crippen LogP contribution in [0.2, 0.25) is 0 Å². The van der Waals surface area contributed by atoms with E-state index in [1.807, 2.05) is 13.0 Å². The predicted octanol–water partition coefficient (Wildman–Crippen LogP) is 4.91. The van der Waals surface area contributed by atoms with E-state index >= 15 is 0 Å². The molecule has 130 valence electrons. The van der Waals surface area contributed by atoms with Crippen LogP contribution in [-0.2, 0) is 4.79 Å². The normalized spacial score (nSPS) is 21.0. The zero-order valence-electron chi connectivity index (χ0n) is 14.9. The van der Waals surface area contributed by atoms with Crippen molar-refractivity contribution in [2.24, 2.45) is 5.92 Å². The second-order valence-corrected chi connectivity index (χ2v) is 7.46. The largest absolute Gasteiger partial charge is 0.334 e. The van der Waals surface area contributed by atoms with Crippen LogP contribution >= 0.6 is 0 Å². The van der Waals surface area contributed by atoms with Crippen LogP contribution in [0.3, 0.4) is 0 Å². The number of rotatable bonds is 3. The number of carbonyl (C=O) groups is 1. The Morgan fingerprint density at radius 3 is 2.52 bits per heavy atom. The minimum Gasteiger partial charge on any atom is -0.334 e. The highest BCUT2D eigenvalue weighted by Crippen LogP contribution is 2.36. The fraction of sp³-hybridized carbons (Fsp3) is 0.455. The average molecular weight is 334 g/mol. The SMILES string of the molecule is Cc1cc(-c2ccccc2)cc([C@H]2CCCN2C(=O)C2CCCC2)n1. The van der Waals surface area contributed by atoms with Gasteiger partial charge in [0.15, 0.2) is 0 Å². The van der Waals surface area contributed by atoms with Crippen molar-refractivity contribution in [3.8, 4) is 11.1 Å². The summed E-state index contributed by atoms with van der Waals surface area (Å²) in [5.74, 6) is 0.614. The second-order valence-electron chi connectivity index (χ2n) is 7.46. The molecule has 1 aromatic heterocycles. The van der Waals surface area contributed by atoms with Crippen molar-refractivity contribution in [3.63, 3.8) is 0 Å². The first-order valence-corrected chi connectivity index (χ1v) is 9.57. The highest BCUT2D eigenvalue weighted by Gasteiger charge is 2.35. The van der Waals surface area contributed by atoms with Gasteiger partial charge in [0.05, 0.1) is 11.7 Å². The van der Waals surface area contributed by atoms with Gasteiger partial charge in [-0.05, 0) is 55.9 Å². The lowest BCUT2D eigenvalue weighted by Crippen LogP contribution is -2.35. The van der Waals surface area contributed by atoms with E-state index in [1.54, 1.807) is 0 Å². The number of benzene rings is 1. The van der Waals surface area contributed by atoms with Gasteiger partial charge in [0.2, 0.25) is 5.91 Å². The third-order valence-corrected chi connectivity index (χ3v) is 5.66. The summed E-state index contributed by atoms with van der Waals surface area (Å²) in [6.45, 7) is 2.93. The molecule has 4 rings (SSSR count). The van der Waals surface area contributed by atoms with Crippen LogP contribution in [-0.4, -0.2) is 22.3 Å². The van der Waals surface area contributed by atoms with Gasteiger partial charge >= 0.3 is 0 Å². The lowest BCUT2D eigenvalue weighted by Gasteiger charge is -2.27. The molecule has 1 aliphatic carbocycles. The molecule has 1 amide bonds. The quantitative estimate of drug-likeness (QED) is 0.799. The maximum Gasteiger partial charge on any atom is 0.226 e. The van der Waals surface area contributed by atoms with Crippen LogP contribution < -0.4 is 0 Å². The molecule has 1 saturated heterocycles. The summed E-state index contributed by atoms with van der Waals surface area (Å²) in [7, 11) is 0. The number of nitrogens with zero attached hydrogens (tertiary/aromatic N) is 2. The Labute approximate surface area is 150 Å². The third-order valence-electron chi connectivity index (χ3n) is 5.66. The molecule has 0 spiro atoms. The summed E-state index contributed by atoms with van der Waals surface area (Å²) in [5.41, 5.74) is 4.49. The van der Waals surface area contributed by atoms with E-state index in [0.29, 0.717) is 5.91 Å². The van der Waals surface area contributed by atoms with Gasteiger partial charge in [0, 0.05) is 18.2 Å². The van der Waals surface area contributed by atoms with Crippen LogP contribution in [0.25, 0.3) is 11.1 Å². The Kier molecular flexibility index (Phi) is 4.56. The van der Waals surface area contributed by atoms with Crippen molar-refractivity contribution in [1.82, 2.24) is 9.88 Å². The van der Waals surface area contributed by atoms with E-state index in [2.05, 4.69) is 41.3 Å². The van der Waals surface area contributed by atoms with Crippen molar-refractivity contribution in [2.45, 2.75) is 51.5 Å².